The van der Waals surface area contributed by atoms with E-state index in [1.165, 1.54) is 18.2 Å². The molecule has 2 amide bonds. The van der Waals surface area contributed by atoms with E-state index in [2.05, 4.69) is 15.6 Å². The lowest BCUT2D eigenvalue weighted by atomic mass is 10.3. The molecule has 0 unspecified atom stereocenters. The normalized spacial score (nSPS) is 10.6. The van der Waals surface area contributed by atoms with Crippen molar-refractivity contribution >= 4 is 67.3 Å². The van der Waals surface area contributed by atoms with Gasteiger partial charge in [0.1, 0.15) is 0 Å². The second-order valence-electron chi connectivity index (χ2n) is 4.60. The smallest absolute Gasteiger partial charge is 0.305 e. The zero-order chi connectivity index (χ0) is 17.3. The van der Waals surface area contributed by atoms with Crippen LogP contribution in [0, 0.1) is 10.1 Å². The highest BCUT2D eigenvalue weighted by atomic mass is 35.5. The number of carbonyl (C=O) groups is 1. The average Bonchev–Trinajstić information content (AvgIpc) is 2.92. The number of anilines is 2. The van der Waals surface area contributed by atoms with Gasteiger partial charge in [0.25, 0.3) is 5.69 Å². The first-order valence-electron chi connectivity index (χ1n) is 6.51. The van der Waals surface area contributed by atoms with Crippen molar-refractivity contribution in [3.63, 3.8) is 0 Å². The molecule has 0 spiro atoms. The van der Waals surface area contributed by atoms with Crippen LogP contribution in [0.3, 0.4) is 0 Å². The first kappa shape index (κ1) is 16.4. The Hall–Kier alpha value is -2.42. The third kappa shape index (κ3) is 3.40. The van der Waals surface area contributed by atoms with Crippen molar-refractivity contribution in [1.82, 2.24) is 4.98 Å². The molecular formula is C14H8Cl2N4O3S. The van der Waals surface area contributed by atoms with Crippen LogP contribution in [0.5, 0.6) is 0 Å². The van der Waals surface area contributed by atoms with E-state index >= 15 is 0 Å². The Kier molecular flexibility index (Phi) is 4.52. The summed E-state index contributed by atoms with van der Waals surface area (Å²) in [5.41, 5.74) is 0.803. The topological polar surface area (TPSA) is 97.2 Å². The molecule has 0 bridgehead atoms. The maximum atomic E-state index is 12.1. The summed E-state index contributed by atoms with van der Waals surface area (Å²) >= 11 is 13.1. The lowest BCUT2D eigenvalue weighted by molar-refractivity contribution is -0.384. The number of non-ortho nitro benzene ring substituents is 1. The number of nitro benzene ring substituents is 1. The van der Waals surface area contributed by atoms with Crippen LogP contribution in [0.4, 0.5) is 21.3 Å². The van der Waals surface area contributed by atoms with Gasteiger partial charge in [0, 0.05) is 12.1 Å². The van der Waals surface area contributed by atoms with Gasteiger partial charge in [-0.25, -0.2) is 9.78 Å². The lowest BCUT2D eigenvalue weighted by Crippen LogP contribution is -2.19. The molecule has 0 aliphatic rings. The molecule has 0 fully saturated rings. The Labute approximate surface area is 149 Å². The number of urea groups is 1. The van der Waals surface area contributed by atoms with E-state index in [0.717, 1.165) is 11.3 Å². The summed E-state index contributed by atoms with van der Waals surface area (Å²) in [6, 6.07) is 8.57. The van der Waals surface area contributed by atoms with E-state index in [-0.39, 0.29) is 11.4 Å². The number of hydrogen-bond donors (Lipinski definition) is 2. The number of benzene rings is 2. The van der Waals surface area contributed by atoms with Crippen molar-refractivity contribution in [3.05, 3.63) is 56.6 Å². The molecule has 7 nitrogen and oxygen atoms in total. The first-order chi connectivity index (χ1) is 11.4. The number of nitrogens with zero attached hydrogens (tertiary/aromatic N) is 2. The number of fused-ring (bicyclic) bond motifs is 1. The third-order valence-corrected chi connectivity index (χ3v) is 4.57. The predicted octanol–water partition coefficient (Wildman–Crippen LogP) is 5.16. The van der Waals surface area contributed by atoms with Crippen LogP contribution < -0.4 is 10.6 Å². The molecule has 2 N–H and O–H groups in total. The molecule has 0 saturated heterocycles. The predicted molar refractivity (Wildman–Crippen MR) is 95.4 cm³/mol. The van der Waals surface area contributed by atoms with Gasteiger partial charge in [-0.3, -0.25) is 15.4 Å². The Morgan fingerprint density at radius 2 is 1.88 bits per heavy atom. The minimum absolute atomic E-state index is 0.0370. The molecule has 10 heteroatoms. The quantitative estimate of drug-likeness (QED) is 0.483. The zero-order valence-electron chi connectivity index (χ0n) is 11.7. The summed E-state index contributed by atoms with van der Waals surface area (Å²) in [5.74, 6) is 0. The highest BCUT2D eigenvalue weighted by Gasteiger charge is 2.13. The summed E-state index contributed by atoms with van der Waals surface area (Å²) < 4.78 is 0.593. The van der Waals surface area contributed by atoms with Crippen molar-refractivity contribution in [2.45, 2.75) is 0 Å². The standard InChI is InChI=1S/C14H8Cl2N4O3S/c15-8-2-1-3-9(16)12(8)18-13(21)19-14-17-10-5-4-7(20(22)23)6-11(10)24-14/h1-6H,(H2,17,18,19,21). The summed E-state index contributed by atoms with van der Waals surface area (Å²) in [7, 11) is 0. The Bertz CT molecular complexity index is 940. The van der Waals surface area contributed by atoms with E-state index in [1.54, 1.807) is 18.2 Å². The van der Waals surface area contributed by atoms with Gasteiger partial charge in [0.15, 0.2) is 5.13 Å². The number of para-hydroxylation sites is 1. The van der Waals surface area contributed by atoms with E-state index in [1.807, 2.05) is 0 Å². The van der Waals surface area contributed by atoms with E-state index in [9.17, 15) is 14.9 Å². The third-order valence-electron chi connectivity index (χ3n) is 3.00. The summed E-state index contributed by atoms with van der Waals surface area (Å²) in [6.07, 6.45) is 0. The van der Waals surface area contributed by atoms with E-state index in [0.29, 0.717) is 25.4 Å². The van der Waals surface area contributed by atoms with Gasteiger partial charge < -0.3 is 5.32 Å². The van der Waals surface area contributed by atoms with Crippen LogP contribution in [0.15, 0.2) is 36.4 Å². The fraction of sp³-hybridized carbons (Fsp3) is 0. The molecule has 0 atom stereocenters. The number of nitrogens with one attached hydrogen (secondary N) is 2. The van der Waals surface area contributed by atoms with Crippen LogP contribution in [0.2, 0.25) is 10.0 Å². The molecule has 3 rings (SSSR count). The second kappa shape index (κ2) is 6.60. The molecule has 0 aliphatic carbocycles. The van der Waals surface area contributed by atoms with Crippen molar-refractivity contribution < 1.29 is 9.72 Å². The van der Waals surface area contributed by atoms with Gasteiger partial charge >= 0.3 is 6.03 Å². The largest absolute Gasteiger partial charge is 0.325 e. The highest BCUT2D eigenvalue weighted by molar-refractivity contribution is 7.22. The Morgan fingerprint density at radius 1 is 1.17 bits per heavy atom. The van der Waals surface area contributed by atoms with Crippen LogP contribution in [-0.2, 0) is 0 Å². The molecule has 2 aromatic carbocycles. The molecule has 0 aliphatic heterocycles. The van der Waals surface area contributed by atoms with Gasteiger partial charge in [-0.2, -0.15) is 0 Å². The average molecular weight is 383 g/mol. The van der Waals surface area contributed by atoms with Crippen molar-refractivity contribution in [1.29, 1.82) is 0 Å². The number of carbonyl (C=O) groups excluding carboxylic acids is 1. The SMILES string of the molecule is O=C(Nc1nc2ccc([N+](=O)[O-])cc2s1)Nc1c(Cl)cccc1Cl. The lowest BCUT2D eigenvalue weighted by Gasteiger charge is -2.08. The molecule has 1 heterocycles. The number of aromatic nitrogens is 1. The monoisotopic (exact) mass is 382 g/mol. The fourth-order valence-corrected chi connectivity index (χ4v) is 3.33. The van der Waals surface area contributed by atoms with Crippen LogP contribution >= 0.6 is 34.5 Å². The number of halogens is 2. The van der Waals surface area contributed by atoms with Gasteiger partial charge in [-0.15, -0.1) is 0 Å². The van der Waals surface area contributed by atoms with Gasteiger partial charge in [-0.05, 0) is 18.2 Å². The van der Waals surface area contributed by atoms with Crippen LogP contribution in [0.1, 0.15) is 0 Å². The minimum atomic E-state index is -0.571. The Balaban J connectivity index is 1.79. The molecule has 24 heavy (non-hydrogen) atoms. The maximum absolute atomic E-state index is 12.1. The highest BCUT2D eigenvalue weighted by Crippen LogP contribution is 2.31. The van der Waals surface area contributed by atoms with Gasteiger partial charge in [0.2, 0.25) is 0 Å². The minimum Gasteiger partial charge on any atom is -0.305 e. The van der Waals surface area contributed by atoms with Crippen molar-refractivity contribution in [2.75, 3.05) is 10.6 Å². The first-order valence-corrected chi connectivity index (χ1v) is 8.08. The Morgan fingerprint density at radius 3 is 2.54 bits per heavy atom. The number of hydrogen-bond acceptors (Lipinski definition) is 5. The van der Waals surface area contributed by atoms with E-state index in [4.69, 9.17) is 23.2 Å². The fourth-order valence-electron chi connectivity index (χ4n) is 1.94. The number of rotatable bonds is 3. The molecular weight excluding hydrogens is 375 g/mol. The second-order valence-corrected chi connectivity index (χ2v) is 6.45. The molecule has 122 valence electrons. The number of thiazole rings is 1. The van der Waals surface area contributed by atoms with E-state index < -0.39 is 11.0 Å². The molecule has 0 radical (unpaired) electrons. The summed E-state index contributed by atoms with van der Waals surface area (Å²) in [5, 5.41) is 16.8. The number of nitro groups is 1. The molecule has 3 aromatic rings. The zero-order valence-corrected chi connectivity index (χ0v) is 14.1. The molecule has 1 aromatic heterocycles. The van der Waals surface area contributed by atoms with Crippen LogP contribution in [0.25, 0.3) is 10.2 Å². The molecule has 0 saturated carbocycles. The van der Waals surface area contributed by atoms with Crippen molar-refractivity contribution in [3.8, 4) is 0 Å². The van der Waals surface area contributed by atoms with Gasteiger partial charge in [0.05, 0.1) is 30.9 Å². The summed E-state index contributed by atoms with van der Waals surface area (Å²) in [6.45, 7) is 0. The maximum Gasteiger partial charge on any atom is 0.325 e. The summed E-state index contributed by atoms with van der Waals surface area (Å²) in [4.78, 5) is 26.5. The van der Waals surface area contributed by atoms with Gasteiger partial charge in [-0.1, -0.05) is 40.6 Å². The number of amides is 2. The van der Waals surface area contributed by atoms with Crippen LogP contribution in [-0.4, -0.2) is 15.9 Å². The van der Waals surface area contributed by atoms with Crippen molar-refractivity contribution in [2.24, 2.45) is 0 Å².